The maximum absolute atomic E-state index is 12.6. The van der Waals surface area contributed by atoms with Crippen LogP contribution in [0.1, 0.15) is 17.3 Å². The molecule has 0 spiro atoms. The van der Waals surface area contributed by atoms with E-state index in [1.54, 1.807) is 19.1 Å². The minimum absolute atomic E-state index is 0.112. The van der Waals surface area contributed by atoms with Crippen LogP contribution in [0.2, 0.25) is 0 Å². The van der Waals surface area contributed by atoms with Gasteiger partial charge in [-0.05, 0) is 30.2 Å². The molecule has 0 aromatic heterocycles. The lowest BCUT2D eigenvalue weighted by Gasteiger charge is -2.15. The van der Waals surface area contributed by atoms with Crippen molar-refractivity contribution in [3.63, 3.8) is 0 Å². The molecule has 0 unspecified atom stereocenters. The topological polar surface area (TPSA) is 46.5 Å². The number of aromatic hydroxyl groups is 1. The second-order valence-corrected chi connectivity index (χ2v) is 5.37. The van der Waals surface area contributed by atoms with Crippen LogP contribution in [-0.2, 0) is 4.74 Å². The second kappa shape index (κ2) is 7.01. The Kier molecular flexibility index (Phi) is 4.62. The minimum atomic E-state index is -0.393. The lowest BCUT2D eigenvalue weighted by Crippen LogP contribution is -2.08. The van der Waals surface area contributed by atoms with Crippen molar-refractivity contribution >= 4 is 5.97 Å². The van der Waals surface area contributed by atoms with Gasteiger partial charge in [0.25, 0.3) is 0 Å². The zero-order chi connectivity index (χ0) is 16.9. The van der Waals surface area contributed by atoms with Gasteiger partial charge in [0, 0.05) is 11.1 Å². The number of hydrogen-bond donors (Lipinski definition) is 1. The summed E-state index contributed by atoms with van der Waals surface area (Å²) >= 11 is 0. The summed E-state index contributed by atoms with van der Waals surface area (Å²) < 4.78 is 5.27. The van der Waals surface area contributed by atoms with E-state index >= 15 is 0 Å². The summed E-state index contributed by atoms with van der Waals surface area (Å²) in [5.74, 6) is -0.282. The van der Waals surface area contributed by atoms with Crippen LogP contribution < -0.4 is 0 Å². The minimum Gasteiger partial charge on any atom is -0.508 e. The van der Waals surface area contributed by atoms with Crippen LogP contribution in [0.5, 0.6) is 5.75 Å². The highest BCUT2D eigenvalue weighted by Crippen LogP contribution is 2.36. The van der Waals surface area contributed by atoms with Gasteiger partial charge in [0.15, 0.2) is 0 Å². The molecule has 3 aromatic rings. The van der Waals surface area contributed by atoms with E-state index in [-0.39, 0.29) is 5.75 Å². The number of benzene rings is 3. The van der Waals surface area contributed by atoms with Gasteiger partial charge < -0.3 is 9.84 Å². The van der Waals surface area contributed by atoms with Crippen LogP contribution in [0, 0.1) is 0 Å². The Morgan fingerprint density at radius 3 is 1.75 bits per heavy atom. The Balaban J connectivity index is 2.29. The van der Waals surface area contributed by atoms with E-state index in [1.807, 2.05) is 60.7 Å². The SMILES string of the molecule is CCOC(=O)c1c(-c2ccccc2)cc(O)cc1-c1ccccc1. The number of ether oxygens (including phenoxy) is 1. The predicted octanol–water partition coefficient (Wildman–Crippen LogP) is 4.90. The Hall–Kier alpha value is -3.07. The fourth-order valence-electron chi connectivity index (χ4n) is 2.74. The van der Waals surface area contributed by atoms with E-state index < -0.39 is 5.97 Å². The van der Waals surface area contributed by atoms with Crippen molar-refractivity contribution in [1.29, 1.82) is 0 Å². The summed E-state index contributed by atoms with van der Waals surface area (Å²) in [5.41, 5.74) is 3.50. The number of rotatable bonds is 4. The Morgan fingerprint density at radius 1 is 0.875 bits per heavy atom. The van der Waals surface area contributed by atoms with Crippen LogP contribution in [-0.4, -0.2) is 17.7 Å². The first-order valence-corrected chi connectivity index (χ1v) is 7.85. The third-order valence-corrected chi connectivity index (χ3v) is 3.77. The fourth-order valence-corrected chi connectivity index (χ4v) is 2.74. The summed E-state index contributed by atoms with van der Waals surface area (Å²) in [4.78, 5) is 12.6. The first-order chi connectivity index (χ1) is 11.7. The average Bonchev–Trinajstić information content (AvgIpc) is 2.62. The molecule has 0 saturated carbocycles. The van der Waals surface area contributed by atoms with Crippen molar-refractivity contribution in [2.45, 2.75) is 6.92 Å². The highest BCUT2D eigenvalue weighted by molar-refractivity contribution is 6.04. The molecule has 0 aliphatic rings. The molecule has 0 bridgehead atoms. The van der Waals surface area contributed by atoms with Crippen molar-refractivity contribution in [3.8, 4) is 28.0 Å². The van der Waals surface area contributed by atoms with Gasteiger partial charge in [-0.2, -0.15) is 0 Å². The van der Waals surface area contributed by atoms with Crippen molar-refractivity contribution in [3.05, 3.63) is 78.4 Å². The van der Waals surface area contributed by atoms with E-state index in [0.717, 1.165) is 11.1 Å². The number of carbonyl (C=O) groups excluding carboxylic acids is 1. The van der Waals surface area contributed by atoms with E-state index in [4.69, 9.17) is 4.74 Å². The molecule has 0 aliphatic carbocycles. The Labute approximate surface area is 141 Å². The second-order valence-electron chi connectivity index (χ2n) is 5.37. The summed E-state index contributed by atoms with van der Waals surface area (Å²) in [6.07, 6.45) is 0. The molecule has 0 aliphatic heterocycles. The van der Waals surface area contributed by atoms with Gasteiger partial charge in [-0.3, -0.25) is 0 Å². The van der Waals surface area contributed by atoms with Crippen LogP contribution in [0.25, 0.3) is 22.3 Å². The molecule has 0 heterocycles. The van der Waals surface area contributed by atoms with Gasteiger partial charge in [0.1, 0.15) is 5.75 Å². The van der Waals surface area contributed by atoms with Crippen LogP contribution in [0.3, 0.4) is 0 Å². The molecule has 0 saturated heterocycles. The van der Waals surface area contributed by atoms with E-state index in [2.05, 4.69) is 0 Å². The van der Waals surface area contributed by atoms with Crippen molar-refractivity contribution in [2.24, 2.45) is 0 Å². The third-order valence-electron chi connectivity index (χ3n) is 3.77. The highest BCUT2D eigenvalue weighted by Gasteiger charge is 2.21. The van der Waals surface area contributed by atoms with Gasteiger partial charge in [-0.15, -0.1) is 0 Å². The maximum atomic E-state index is 12.6. The standard InChI is InChI=1S/C21H18O3/c1-2-24-21(23)20-18(15-9-5-3-6-10-15)13-17(22)14-19(20)16-11-7-4-8-12-16/h3-14,22H,2H2,1H3. The first-order valence-electron chi connectivity index (χ1n) is 7.85. The smallest absolute Gasteiger partial charge is 0.339 e. The van der Waals surface area contributed by atoms with Crippen LogP contribution in [0.4, 0.5) is 0 Å². The molecule has 0 amide bonds. The molecule has 3 rings (SSSR count). The summed E-state index contributed by atoms with van der Waals surface area (Å²) in [6, 6.07) is 22.3. The molecule has 1 N–H and O–H groups in total. The number of phenols is 1. The lowest BCUT2D eigenvalue weighted by atomic mass is 9.91. The fraction of sp³-hybridized carbons (Fsp3) is 0.0952. The zero-order valence-corrected chi connectivity index (χ0v) is 13.4. The summed E-state index contributed by atoms with van der Waals surface area (Å²) in [7, 11) is 0. The monoisotopic (exact) mass is 318 g/mol. The van der Waals surface area contributed by atoms with E-state index in [1.165, 1.54) is 0 Å². The zero-order valence-electron chi connectivity index (χ0n) is 13.4. The molecule has 3 aromatic carbocycles. The van der Waals surface area contributed by atoms with Crippen molar-refractivity contribution in [1.82, 2.24) is 0 Å². The lowest BCUT2D eigenvalue weighted by molar-refractivity contribution is 0.0528. The van der Waals surface area contributed by atoms with Gasteiger partial charge in [-0.25, -0.2) is 4.79 Å². The number of esters is 1. The first kappa shape index (κ1) is 15.8. The molecule has 24 heavy (non-hydrogen) atoms. The third kappa shape index (κ3) is 3.15. The van der Waals surface area contributed by atoms with Gasteiger partial charge in [0.2, 0.25) is 0 Å². The summed E-state index contributed by atoms with van der Waals surface area (Å²) in [5, 5.41) is 10.2. The normalized spacial score (nSPS) is 10.4. The van der Waals surface area contributed by atoms with Gasteiger partial charge in [-0.1, -0.05) is 60.7 Å². The van der Waals surface area contributed by atoms with Crippen molar-refractivity contribution < 1.29 is 14.6 Å². The maximum Gasteiger partial charge on any atom is 0.339 e. The molecular formula is C21H18O3. The van der Waals surface area contributed by atoms with Gasteiger partial charge in [0.05, 0.1) is 12.2 Å². The average molecular weight is 318 g/mol. The number of phenolic OH excluding ortho intramolecular Hbond substituents is 1. The van der Waals surface area contributed by atoms with Gasteiger partial charge >= 0.3 is 5.97 Å². The Morgan fingerprint density at radius 2 is 1.33 bits per heavy atom. The number of carbonyl (C=O) groups is 1. The highest BCUT2D eigenvalue weighted by atomic mass is 16.5. The molecule has 3 heteroatoms. The molecule has 0 radical (unpaired) electrons. The molecule has 0 fully saturated rings. The largest absolute Gasteiger partial charge is 0.508 e. The molecule has 0 atom stereocenters. The van der Waals surface area contributed by atoms with Crippen LogP contribution in [0.15, 0.2) is 72.8 Å². The van der Waals surface area contributed by atoms with Crippen LogP contribution >= 0.6 is 0 Å². The Bertz CT molecular complexity index is 779. The predicted molar refractivity (Wildman–Crippen MR) is 94.9 cm³/mol. The quantitative estimate of drug-likeness (QED) is 0.696. The molecular weight excluding hydrogens is 300 g/mol. The summed E-state index contributed by atoms with van der Waals surface area (Å²) in [6.45, 7) is 2.07. The number of hydrogen-bond acceptors (Lipinski definition) is 3. The van der Waals surface area contributed by atoms with E-state index in [9.17, 15) is 9.90 Å². The van der Waals surface area contributed by atoms with E-state index in [0.29, 0.717) is 23.3 Å². The molecule has 120 valence electrons. The molecule has 3 nitrogen and oxygen atoms in total. The van der Waals surface area contributed by atoms with Crippen molar-refractivity contribution in [2.75, 3.05) is 6.61 Å².